The van der Waals surface area contributed by atoms with Crippen LogP contribution in [0.5, 0.6) is 5.75 Å². The van der Waals surface area contributed by atoms with Crippen molar-refractivity contribution in [3.63, 3.8) is 0 Å². The molecular formula is C16H10BrNO4. The van der Waals surface area contributed by atoms with Crippen molar-refractivity contribution in [3.8, 4) is 5.75 Å². The Kier molecular flexibility index (Phi) is 3.77. The molecule has 5 nitrogen and oxygen atoms in total. The van der Waals surface area contributed by atoms with Gasteiger partial charge in [-0.2, -0.15) is 0 Å². The zero-order valence-electron chi connectivity index (χ0n) is 11.3. The summed E-state index contributed by atoms with van der Waals surface area (Å²) in [5.74, 6) is 0.341. The van der Waals surface area contributed by atoms with Gasteiger partial charge in [-0.25, -0.2) is 0 Å². The summed E-state index contributed by atoms with van der Waals surface area (Å²) in [6.07, 6.45) is 1.52. The number of carbonyl (C=O) groups excluding carboxylic acids is 1. The van der Waals surface area contributed by atoms with Crippen molar-refractivity contribution in [1.82, 2.24) is 0 Å². The number of rotatable bonds is 2. The van der Waals surface area contributed by atoms with Crippen LogP contribution in [0.25, 0.3) is 6.08 Å². The number of hydrogen-bond donors (Lipinski definition) is 0. The number of para-hydroxylation sites is 1. The molecule has 1 aliphatic rings. The van der Waals surface area contributed by atoms with Gasteiger partial charge < -0.3 is 4.74 Å². The van der Waals surface area contributed by atoms with Crippen LogP contribution in [-0.2, 0) is 0 Å². The molecule has 0 amide bonds. The molecule has 0 bridgehead atoms. The highest BCUT2D eigenvalue weighted by Crippen LogP contribution is 2.31. The van der Waals surface area contributed by atoms with Gasteiger partial charge in [-0.15, -0.1) is 0 Å². The molecular weight excluding hydrogens is 350 g/mol. The maximum absolute atomic E-state index is 12.5. The van der Waals surface area contributed by atoms with E-state index >= 15 is 0 Å². The number of benzene rings is 2. The summed E-state index contributed by atoms with van der Waals surface area (Å²) in [6.45, 7) is 0.0967. The van der Waals surface area contributed by atoms with Gasteiger partial charge in [0.05, 0.1) is 16.1 Å². The highest BCUT2D eigenvalue weighted by atomic mass is 79.9. The number of carbonyl (C=O) groups is 1. The largest absolute Gasteiger partial charge is 0.488 e. The van der Waals surface area contributed by atoms with Crippen LogP contribution in [0.2, 0.25) is 0 Å². The molecule has 3 rings (SSSR count). The highest BCUT2D eigenvalue weighted by Gasteiger charge is 2.24. The van der Waals surface area contributed by atoms with Crippen LogP contribution >= 0.6 is 15.9 Å². The van der Waals surface area contributed by atoms with E-state index in [1.807, 2.05) is 0 Å². The van der Waals surface area contributed by atoms with Gasteiger partial charge in [0, 0.05) is 16.1 Å². The van der Waals surface area contributed by atoms with Crippen molar-refractivity contribution in [2.24, 2.45) is 0 Å². The van der Waals surface area contributed by atoms with Gasteiger partial charge in [0.25, 0.3) is 5.69 Å². The maximum Gasteiger partial charge on any atom is 0.276 e. The van der Waals surface area contributed by atoms with Crippen molar-refractivity contribution < 1.29 is 14.5 Å². The predicted molar refractivity (Wildman–Crippen MR) is 85.0 cm³/mol. The fraction of sp³-hybridized carbons (Fsp3) is 0.0625. The molecule has 22 heavy (non-hydrogen) atoms. The Balaban J connectivity index is 2.04. The molecule has 2 aromatic rings. The summed E-state index contributed by atoms with van der Waals surface area (Å²) in [6, 6.07) is 11.5. The lowest BCUT2D eigenvalue weighted by Gasteiger charge is -2.19. The van der Waals surface area contributed by atoms with Crippen LogP contribution in [0.15, 0.2) is 52.5 Å². The van der Waals surface area contributed by atoms with Crippen molar-refractivity contribution in [2.45, 2.75) is 0 Å². The summed E-state index contributed by atoms with van der Waals surface area (Å²) >= 11 is 3.32. The Morgan fingerprint density at radius 1 is 1.23 bits per heavy atom. The molecule has 0 fully saturated rings. The number of hydrogen-bond acceptors (Lipinski definition) is 4. The second-order valence-electron chi connectivity index (χ2n) is 4.74. The van der Waals surface area contributed by atoms with Gasteiger partial charge in [0.1, 0.15) is 12.4 Å². The first-order valence-electron chi connectivity index (χ1n) is 6.47. The number of halogens is 1. The van der Waals surface area contributed by atoms with Gasteiger partial charge in [0.2, 0.25) is 0 Å². The summed E-state index contributed by atoms with van der Waals surface area (Å²) in [5, 5.41) is 11.0. The molecule has 0 spiro atoms. The monoisotopic (exact) mass is 359 g/mol. The summed E-state index contributed by atoms with van der Waals surface area (Å²) in [7, 11) is 0. The first-order chi connectivity index (χ1) is 10.6. The number of fused-ring (bicyclic) bond motifs is 1. The minimum absolute atomic E-state index is 0.0390. The van der Waals surface area contributed by atoms with Crippen molar-refractivity contribution in [3.05, 3.63) is 73.8 Å². The molecule has 0 radical (unpaired) electrons. The number of Topliss-reactive ketones (excluding diaryl/α,β-unsaturated/α-hetero) is 1. The summed E-state index contributed by atoms with van der Waals surface area (Å²) < 4.78 is 6.33. The van der Waals surface area contributed by atoms with E-state index in [1.54, 1.807) is 36.4 Å². The Bertz CT molecular complexity index is 814. The number of nitro benzene ring substituents is 1. The molecule has 0 aliphatic carbocycles. The third kappa shape index (κ3) is 2.65. The van der Waals surface area contributed by atoms with Crippen LogP contribution in [-0.4, -0.2) is 17.3 Å². The van der Waals surface area contributed by atoms with Gasteiger partial charge in [-0.3, -0.25) is 14.9 Å². The minimum Gasteiger partial charge on any atom is -0.488 e. The van der Waals surface area contributed by atoms with Crippen LogP contribution < -0.4 is 4.74 Å². The molecule has 0 unspecified atom stereocenters. The third-order valence-corrected chi connectivity index (χ3v) is 3.82. The van der Waals surface area contributed by atoms with Gasteiger partial charge in [-0.1, -0.05) is 28.1 Å². The van der Waals surface area contributed by atoms with Crippen molar-refractivity contribution in [1.29, 1.82) is 0 Å². The minimum atomic E-state index is -0.467. The van der Waals surface area contributed by atoms with Gasteiger partial charge >= 0.3 is 0 Å². The topological polar surface area (TPSA) is 69.4 Å². The highest BCUT2D eigenvalue weighted by molar-refractivity contribution is 9.10. The molecule has 6 heteroatoms. The maximum atomic E-state index is 12.5. The molecule has 110 valence electrons. The van der Waals surface area contributed by atoms with E-state index in [-0.39, 0.29) is 18.1 Å². The SMILES string of the molecule is O=C1/C(=C/c2ccccc2[N+](=O)[O-])COc2ccc(Br)cc21. The molecule has 0 saturated carbocycles. The van der Waals surface area contributed by atoms with E-state index in [1.165, 1.54) is 12.1 Å². The van der Waals surface area contributed by atoms with Crippen molar-refractivity contribution >= 4 is 33.5 Å². The second kappa shape index (κ2) is 5.73. The van der Waals surface area contributed by atoms with Gasteiger partial charge in [0.15, 0.2) is 5.78 Å². The Hall–Kier alpha value is -2.47. The summed E-state index contributed by atoms with van der Waals surface area (Å²) in [5.41, 5.74) is 1.19. The van der Waals surface area contributed by atoms with Gasteiger partial charge in [-0.05, 0) is 30.3 Å². The smallest absolute Gasteiger partial charge is 0.276 e. The lowest BCUT2D eigenvalue weighted by atomic mass is 9.98. The Labute approximate surface area is 134 Å². The number of nitro groups is 1. The molecule has 1 aliphatic heterocycles. The first-order valence-corrected chi connectivity index (χ1v) is 7.26. The molecule has 0 saturated heterocycles. The number of nitrogens with zero attached hydrogens (tertiary/aromatic N) is 1. The van der Waals surface area contributed by atoms with Crippen LogP contribution in [0.1, 0.15) is 15.9 Å². The zero-order valence-corrected chi connectivity index (χ0v) is 12.9. The molecule has 0 N–H and O–H groups in total. The number of ketones is 1. The van der Waals surface area contributed by atoms with E-state index in [0.29, 0.717) is 22.4 Å². The Morgan fingerprint density at radius 2 is 2.00 bits per heavy atom. The van der Waals surface area contributed by atoms with E-state index in [2.05, 4.69) is 15.9 Å². The predicted octanol–water partition coefficient (Wildman–Crippen LogP) is 4.02. The van der Waals surface area contributed by atoms with E-state index < -0.39 is 4.92 Å². The Morgan fingerprint density at radius 3 is 2.77 bits per heavy atom. The third-order valence-electron chi connectivity index (χ3n) is 3.32. The van der Waals surface area contributed by atoms with Crippen LogP contribution in [0, 0.1) is 10.1 Å². The molecule has 2 aromatic carbocycles. The number of ether oxygens (including phenoxy) is 1. The average Bonchev–Trinajstić information content (AvgIpc) is 2.51. The molecule has 1 heterocycles. The fourth-order valence-corrected chi connectivity index (χ4v) is 2.63. The molecule has 0 atom stereocenters. The van der Waals surface area contributed by atoms with Crippen LogP contribution in [0.3, 0.4) is 0 Å². The van der Waals surface area contributed by atoms with Crippen LogP contribution in [0.4, 0.5) is 5.69 Å². The lowest BCUT2D eigenvalue weighted by Crippen LogP contribution is -2.19. The standard InChI is InChI=1S/C16H10BrNO4/c17-12-5-6-15-13(8-12)16(19)11(9-22-15)7-10-3-1-2-4-14(10)18(20)21/h1-8H,9H2/b11-7+. The second-order valence-corrected chi connectivity index (χ2v) is 5.66. The fourth-order valence-electron chi connectivity index (χ4n) is 2.27. The normalized spacial score (nSPS) is 15.3. The van der Waals surface area contributed by atoms with E-state index in [0.717, 1.165) is 4.47 Å². The van der Waals surface area contributed by atoms with E-state index in [9.17, 15) is 14.9 Å². The molecule has 0 aromatic heterocycles. The first kappa shape index (κ1) is 14.5. The van der Waals surface area contributed by atoms with E-state index in [4.69, 9.17) is 4.74 Å². The lowest BCUT2D eigenvalue weighted by molar-refractivity contribution is -0.385. The zero-order chi connectivity index (χ0) is 15.7. The van der Waals surface area contributed by atoms with Crippen molar-refractivity contribution in [2.75, 3.05) is 6.61 Å². The quantitative estimate of drug-likeness (QED) is 0.461. The summed E-state index contributed by atoms with van der Waals surface area (Å²) in [4.78, 5) is 23.1. The average molecular weight is 360 g/mol.